The van der Waals surface area contributed by atoms with E-state index in [-0.39, 0.29) is 5.04 Å². The normalized spacial score (nSPS) is 24.4. The van der Waals surface area contributed by atoms with Gasteiger partial charge in [-0.1, -0.05) is 120 Å². The summed E-state index contributed by atoms with van der Waals surface area (Å²) >= 11 is 0. The Morgan fingerprint density at radius 1 is 0.689 bits per heavy atom. The van der Waals surface area contributed by atoms with Gasteiger partial charge in [-0.05, 0) is 47.0 Å². The van der Waals surface area contributed by atoms with E-state index < -0.39 is 44.3 Å². The van der Waals surface area contributed by atoms with Crippen LogP contribution in [0.15, 0.2) is 97.1 Å². The first-order valence-electron chi connectivity index (χ1n) is 15.9. The molecule has 0 saturated carbocycles. The Kier molecular flexibility index (Phi) is 11.9. The zero-order chi connectivity index (χ0) is 32.7. The second-order valence-electron chi connectivity index (χ2n) is 14.1. The molecule has 5 unspecified atom stereocenters. The van der Waals surface area contributed by atoms with E-state index in [1.54, 1.807) is 13.2 Å². The van der Waals surface area contributed by atoms with E-state index in [2.05, 4.69) is 59.8 Å². The summed E-state index contributed by atoms with van der Waals surface area (Å²) in [4.78, 5) is 0. The Hall–Kier alpha value is -2.78. The summed E-state index contributed by atoms with van der Waals surface area (Å²) in [7, 11) is -0.682. The highest BCUT2D eigenvalue weighted by Gasteiger charge is 2.53. The molecule has 0 bridgehead atoms. The molecule has 4 rings (SSSR count). The smallest absolute Gasteiger partial charge is 0.192 e. The van der Waals surface area contributed by atoms with Gasteiger partial charge in [0.15, 0.2) is 8.32 Å². The average Bonchev–Trinajstić information content (AvgIpc) is 3.01. The third-order valence-electron chi connectivity index (χ3n) is 9.28. The highest BCUT2D eigenvalue weighted by molar-refractivity contribution is 6.74. The van der Waals surface area contributed by atoms with Crippen LogP contribution in [0.25, 0.3) is 0 Å². The molecule has 45 heavy (non-hydrogen) atoms. The van der Waals surface area contributed by atoms with E-state index in [1.165, 1.54) is 0 Å². The van der Waals surface area contributed by atoms with Crippen molar-refractivity contribution in [1.82, 2.24) is 0 Å². The van der Waals surface area contributed by atoms with Crippen molar-refractivity contribution in [3.8, 4) is 5.75 Å². The van der Waals surface area contributed by atoms with E-state index in [0.717, 1.165) is 22.4 Å². The summed E-state index contributed by atoms with van der Waals surface area (Å²) in [5.74, 6) is 0.798. The molecule has 6 nitrogen and oxygen atoms in total. The second kappa shape index (κ2) is 15.2. The summed E-state index contributed by atoms with van der Waals surface area (Å²) in [6.07, 6.45) is 0.826. The molecule has 0 heterocycles. The van der Waals surface area contributed by atoms with Crippen molar-refractivity contribution in [2.45, 2.75) is 103 Å². The van der Waals surface area contributed by atoms with E-state index in [4.69, 9.17) is 23.4 Å². The van der Waals surface area contributed by atoms with E-state index in [1.807, 2.05) is 78.9 Å². The van der Waals surface area contributed by atoms with Crippen molar-refractivity contribution in [2.75, 3.05) is 7.11 Å². The van der Waals surface area contributed by atoms with Crippen LogP contribution in [0.3, 0.4) is 0 Å². The van der Waals surface area contributed by atoms with Gasteiger partial charge in [-0.25, -0.2) is 0 Å². The largest absolute Gasteiger partial charge is 0.497 e. The van der Waals surface area contributed by atoms with Crippen LogP contribution >= 0.6 is 0 Å². The molecule has 0 aliphatic heterocycles. The fourth-order valence-corrected chi connectivity index (χ4v) is 6.84. The molecule has 244 valence electrons. The van der Waals surface area contributed by atoms with Crippen molar-refractivity contribution in [3.05, 3.63) is 114 Å². The van der Waals surface area contributed by atoms with Gasteiger partial charge >= 0.3 is 0 Å². The topological polar surface area (TPSA) is 66.4 Å². The van der Waals surface area contributed by atoms with Crippen molar-refractivity contribution in [3.63, 3.8) is 0 Å². The number of hydrogen-bond donors (Lipinski definition) is 1. The summed E-state index contributed by atoms with van der Waals surface area (Å²) in [6, 6.07) is 28.1. The van der Waals surface area contributed by atoms with E-state index >= 15 is 0 Å². The van der Waals surface area contributed by atoms with Crippen LogP contribution < -0.4 is 4.74 Å². The number of ether oxygens (including phenoxy) is 4. The summed E-state index contributed by atoms with van der Waals surface area (Å²) in [6.45, 7) is 16.6. The third-order valence-corrected chi connectivity index (χ3v) is 13.7. The molecule has 5 atom stereocenters. The van der Waals surface area contributed by atoms with Gasteiger partial charge in [0.25, 0.3) is 0 Å². The van der Waals surface area contributed by atoms with Crippen molar-refractivity contribution in [2.24, 2.45) is 5.41 Å². The summed E-state index contributed by atoms with van der Waals surface area (Å²) in [5, 5.41) is 11.7. The molecular weight excluding hydrogens is 580 g/mol. The molecule has 3 aromatic rings. The first-order valence-corrected chi connectivity index (χ1v) is 18.8. The van der Waals surface area contributed by atoms with Gasteiger partial charge in [-0.15, -0.1) is 0 Å². The zero-order valence-electron chi connectivity index (χ0n) is 28.2. The highest BCUT2D eigenvalue weighted by Crippen LogP contribution is 2.45. The molecule has 0 amide bonds. The molecule has 0 fully saturated rings. The van der Waals surface area contributed by atoms with Gasteiger partial charge in [0.05, 0.1) is 39.1 Å². The SMILES string of the molecule is COc1ccc(COC2C(OCc3ccccc3)/C=C\C(O)C(OCc3ccccc3)C(O[Si](C)(C)C(C)(C)C)C2(C)C)cc1. The molecular formula is C38H52O6Si. The van der Waals surface area contributed by atoms with Crippen LogP contribution in [-0.2, 0) is 38.5 Å². The predicted octanol–water partition coefficient (Wildman–Crippen LogP) is 8.10. The molecule has 1 aliphatic rings. The van der Waals surface area contributed by atoms with Crippen LogP contribution in [0.4, 0.5) is 0 Å². The highest BCUT2D eigenvalue weighted by atomic mass is 28.4. The van der Waals surface area contributed by atoms with Crippen LogP contribution in [0.1, 0.15) is 51.3 Å². The molecule has 1 aliphatic carbocycles. The van der Waals surface area contributed by atoms with Gasteiger partial charge in [-0.2, -0.15) is 0 Å². The maximum Gasteiger partial charge on any atom is 0.192 e. The van der Waals surface area contributed by atoms with Gasteiger partial charge in [-0.3, -0.25) is 0 Å². The summed E-state index contributed by atoms with van der Waals surface area (Å²) < 4.78 is 32.7. The average molecular weight is 633 g/mol. The van der Waals surface area contributed by atoms with Gasteiger partial charge in [0.1, 0.15) is 24.1 Å². The van der Waals surface area contributed by atoms with Crippen molar-refractivity contribution in [1.29, 1.82) is 0 Å². The van der Waals surface area contributed by atoms with Gasteiger partial charge < -0.3 is 28.5 Å². The molecule has 7 heteroatoms. The van der Waals surface area contributed by atoms with Gasteiger partial charge in [0, 0.05) is 5.41 Å². The Labute approximate surface area is 271 Å². The number of rotatable bonds is 12. The Bertz CT molecular complexity index is 1330. The van der Waals surface area contributed by atoms with E-state index in [0.29, 0.717) is 19.8 Å². The number of aliphatic hydroxyl groups is 1. The monoisotopic (exact) mass is 632 g/mol. The number of benzene rings is 3. The first-order chi connectivity index (χ1) is 21.3. The Morgan fingerprint density at radius 2 is 1.20 bits per heavy atom. The molecule has 1 N–H and O–H groups in total. The van der Waals surface area contributed by atoms with Crippen molar-refractivity contribution < 1.29 is 28.5 Å². The maximum absolute atomic E-state index is 11.7. The fraction of sp³-hybridized carbons (Fsp3) is 0.474. The number of methoxy groups -OCH3 is 1. The lowest BCUT2D eigenvalue weighted by molar-refractivity contribution is -0.188. The molecule has 0 aromatic heterocycles. The lowest BCUT2D eigenvalue weighted by Gasteiger charge is -2.51. The quantitative estimate of drug-likeness (QED) is 0.161. The molecule has 0 radical (unpaired) electrons. The maximum atomic E-state index is 11.7. The molecule has 0 spiro atoms. The molecule has 0 saturated heterocycles. The minimum absolute atomic E-state index is 0.0567. The Balaban J connectivity index is 1.74. The van der Waals surface area contributed by atoms with E-state index in [9.17, 15) is 5.11 Å². The second-order valence-corrected chi connectivity index (χ2v) is 18.9. The minimum Gasteiger partial charge on any atom is -0.497 e. The first kappa shape index (κ1) is 35.1. The third kappa shape index (κ3) is 9.15. The fourth-order valence-electron chi connectivity index (χ4n) is 5.41. The summed E-state index contributed by atoms with van der Waals surface area (Å²) in [5.41, 5.74) is 2.49. The molecule has 3 aromatic carbocycles. The Morgan fingerprint density at radius 3 is 1.73 bits per heavy atom. The van der Waals surface area contributed by atoms with Crippen LogP contribution in [0.5, 0.6) is 5.75 Å². The lowest BCUT2D eigenvalue weighted by atomic mass is 9.73. The van der Waals surface area contributed by atoms with Crippen LogP contribution in [-0.4, -0.2) is 51.1 Å². The zero-order valence-corrected chi connectivity index (χ0v) is 29.2. The van der Waals surface area contributed by atoms with Gasteiger partial charge in [0.2, 0.25) is 0 Å². The minimum atomic E-state index is -2.35. The standard InChI is InChI=1S/C38H52O6Si/c1-37(2,3)45(7,8)44-36-34(42-26-29-17-13-10-14-18-29)32(39)23-24-33(41-25-28-15-11-9-12-16-28)35(38(36,4)5)43-27-30-19-21-31(40-6)22-20-30/h9-24,32-36,39H,25-27H2,1-8H3/b24-23-. The van der Waals surface area contributed by atoms with Crippen LogP contribution in [0.2, 0.25) is 18.1 Å². The number of hydrogen-bond acceptors (Lipinski definition) is 6. The van der Waals surface area contributed by atoms with Crippen molar-refractivity contribution >= 4 is 8.32 Å². The van der Waals surface area contributed by atoms with Crippen LogP contribution in [0, 0.1) is 5.41 Å². The predicted molar refractivity (Wildman–Crippen MR) is 183 cm³/mol. The lowest BCUT2D eigenvalue weighted by Crippen LogP contribution is -2.61. The number of aliphatic hydroxyl groups excluding tert-OH is 1.